The van der Waals surface area contributed by atoms with Crippen molar-refractivity contribution in [3.05, 3.63) is 57.8 Å². The van der Waals surface area contributed by atoms with Gasteiger partial charge < -0.3 is 19.9 Å². The van der Waals surface area contributed by atoms with Crippen LogP contribution in [0.15, 0.2) is 41.4 Å². The standard InChI is InChI=1S/C20H27Cl2N5O/c1-23-20(24-13-16-12-17(21)19(22)26(16)2)25-14-18(15-6-4-3-5-7-15)27-8-10-28-11-9-27/h3-7,12,18H,8-11,13-14H2,1-2H3,(H2,23,24,25). The summed E-state index contributed by atoms with van der Waals surface area (Å²) < 4.78 is 7.39. The molecule has 3 rings (SSSR count). The van der Waals surface area contributed by atoms with Gasteiger partial charge in [0, 0.05) is 39.4 Å². The molecule has 1 unspecified atom stereocenters. The second kappa shape index (κ2) is 10.2. The summed E-state index contributed by atoms with van der Waals surface area (Å²) in [6.07, 6.45) is 0. The van der Waals surface area contributed by atoms with Gasteiger partial charge in [0.05, 0.1) is 30.8 Å². The lowest BCUT2D eigenvalue weighted by atomic mass is 10.0. The number of hydrogen-bond donors (Lipinski definition) is 2. The molecule has 2 N–H and O–H groups in total. The molecule has 2 aromatic rings. The molecule has 1 fully saturated rings. The van der Waals surface area contributed by atoms with Crippen LogP contribution in [0.1, 0.15) is 17.3 Å². The van der Waals surface area contributed by atoms with Gasteiger partial charge >= 0.3 is 0 Å². The number of rotatable bonds is 6. The monoisotopic (exact) mass is 423 g/mol. The number of halogens is 2. The summed E-state index contributed by atoms with van der Waals surface area (Å²) in [5, 5.41) is 7.89. The molecule has 6 nitrogen and oxygen atoms in total. The number of nitrogens with one attached hydrogen (secondary N) is 2. The number of aliphatic imine (C=N–C) groups is 1. The Hall–Kier alpha value is -1.73. The van der Waals surface area contributed by atoms with Gasteiger partial charge in [-0.05, 0) is 11.6 Å². The Balaban J connectivity index is 1.62. The van der Waals surface area contributed by atoms with Gasteiger partial charge in [0.15, 0.2) is 5.96 Å². The largest absolute Gasteiger partial charge is 0.379 e. The number of guanidine groups is 1. The minimum absolute atomic E-state index is 0.252. The first kappa shape index (κ1) is 21.0. The van der Waals surface area contributed by atoms with Crippen LogP contribution in [-0.2, 0) is 18.3 Å². The lowest BCUT2D eigenvalue weighted by Crippen LogP contribution is -2.46. The molecule has 28 heavy (non-hydrogen) atoms. The van der Waals surface area contributed by atoms with Crippen molar-refractivity contribution in [2.24, 2.45) is 12.0 Å². The van der Waals surface area contributed by atoms with E-state index in [4.69, 9.17) is 27.9 Å². The molecule has 2 heterocycles. The van der Waals surface area contributed by atoms with Crippen molar-refractivity contribution >= 4 is 29.2 Å². The number of hydrogen-bond acceptors (Lipinski definition) is 3. The summed E-state index contributed by atoms with van der Waals surface area (Å²) in [5.41, 5.74) is 2.28. The Morgan fingerprint density at radius 2 is 1.89 bits per heavy atom. The van der Waals surface area contributed by atoms with E-state index in [1.807, 2.05) is 23.7 Å². The number of ether oxygens (including phenoxy) is 1. The fraction of sp³-hybridized carbons (Fsp3) is 0.450. The van der Waals surface area contributed by atoms with E-state index in [0.29, 0.717) is 16.7 Å². The maximum Gasteiger partial charge on any atom is 0.191 e. The summed E-state index contributed by atoms with van der Waals surface area (Å²) in [4.78, 5) is 6.80. The van der Waals surface area contributed by atoms with Gasteiger partial charge in [0.1, 0.15) is 5.15 Å². The molecule has 0 saturated carbocycles. The third-order valence-electron chi connectivity index (χ3n) is 5.01. The summed E-state index contributed by atoms with van der Waals surface area (Å²) >= 11 is 12.2. The minimum Gasteiger partial charge on any atom is -0.379 e. The van der Waals surface area contributed by atoms with E-state index in [0.717, 1.165) is 44.5 Å². The zero-order valence-corrected chi connectivity index (χ0v) is 17.8. The Morgan fingerprint density at radius 1 is 1.18 bits per heavy atom. The Morgan fingerprint density at radius 3 is 2.50 bits per heavy atom. The van der Waals surface area contributed by atoms with Crippen molar-refractivity contribution in [1.29, 1.82) is 0 Å². The molecule has 152 valence electrons. The zero-order chi connectivity index (χ0) is 19.9. The average Bonchev–Trinajstić information content (AvgIpc) is 2.98. The van der Waals surface area contributed by atoms with Crippen molar-refractivity contribution in [2.75, 3.05) is 39.9 Å². The predicted molar refractivity (Wildman–Crippen MR) is 115 cm³/mol. The lowest BCUT2D eigenvalue weighted by Gasteiger charge is -2.35. The Kier molecular flexibility index (Phi) is 7.62. The smallest absolute Gasteiger partial charge is 0.191 e. The van der Waals surface area contributed by atoms with Crippen LogP contribution in [0.3, 0.4) is 0 Å². The number of benzene rings is 1. The second-order valence-electron chi connectivity index (χ2n) is 6.71. The maximum atomic E-state index is 6.15. The van der Waals surface area contributed by atoms with Gasteiger partial charge in [-0.3, -0.25) is 9.89 Å². The van der Waals surface area contributed by atoms with Crippen LogP contribution in [-0.4, -0.2) is 55.3 Å². The van der Waals surface area contributed by atoms with Crippen LogP contribution in [0.5, 0.6) is 0 Å². The fourth-order valence-corrected chi connectivity index (χ4v) is 3.78. The predicted octanol–water partition coefficient (Wildman–Crippen LogP) is 3.07. The van der Waals surface area contributed by atoms with Crippen molar-refractivity contribution in [3.63, 3.8) is 0 Å². The second-order valence-corrected chi connectivity index (χ2v) is 7.48. The minimum atomic E-state index is 0.252. The molecule has 1 atom stereocenters. The summed E-state index contributed by atoms with van der Waals surface area (Å²) in [6.45, 7) is 4.71. The van der Waals surface area contributed by atoms with E-state index in [-0.39, 0.29) is 6.04 Å². The molecule has 1 aromatic heterocycles. The Bertz CT molecular complexity index is 787. The fourth-order valence-electron chi connectivity index (χ4n) is 3.37. The van der Waals surface area contributed by atoms with E-state index in [1.54, 1.807) is 7.05 Å². The quantitative estimate of drug-likeness (QED) is 0.553. The van der Waals surface area contributed by atoms with Crippen molar-refractivity contribution in [3.8, 4) is 0 Å². The van der Waals surface area contributed by atoms with Gasteiger partial charge in [0.2, 0.25) is 0 Å². The van der Waals surface area contributed by atoms with Crippen LogP contribution in [0.4, 0.5) is 0 Å². The molecule has 0 aliphatic carbocycles. The highest BCUT2D eigenvalue weighted by molar-refractivity contribution is 6.41. The average molecular weight is 424 g/mol. The molecule has 0 bridgehead atoms. The highest BCUT2D eigenvalue weighted by Crippen LogP contribution is 2.25. The molecule has 8 heteroatoms. The van der Waals surface area contributed by atoms with Crippen LogP contribution >= 0.6 is 23.2 Å². The molecule has 1 saturated heterocycles. The highest BCUT2D eigenvalue weighted by atomic mass is 35.5. The molecular formula is C20H27Cl2N5O. The van der Waals surface area contributed by atoms with E-state index < -0.39 is 0 Å². The number of nitrogens with zero attached hydrogens (tertiary/aromatic N) is 3. The topological polar surface area (TPSA) is 53.8 Å². The van der Waals surface area contributed by atoms with Crippen molar-refractivity contribution in [2.45, 2.75) is 12.6 Å². The van der Waals surface area contributed by atoms with Crippen LogP contribution in [0, 0.1) is 0 Å². The molecular weight excluding hydrogens is 397 g/mol. The third kappa shape index (κ3) is 5.20. The van der Waals surface area contributed by atoms with E-state index in [9.17, 15) is 0 Å². The number of aromatic nitrogens is 1. The van der Waals surface area contributed by atoms with E-state index in [1.165, 1.54) is 5.56 Å². The Labute approximate surface area is 176 Å². The summed E-state index contributed by atoms with van der Waals surface area (Å²) in [5.74, 6) is 0.739. The van der Waals surface area contributed by atoms with Crippen molar-refractivity contribution < 1.29 is 4.74 Å². The van der Waals surface area contributed by atoms with Crippen LogP contribution in [0.25, 0.3) is 0 Å². The molecule has 1 aliphatic rings. The first-order chi connectivity index (χ1) is 13.6. The molecule has 0 radical (unpaired) electrons. The van der Waals surface area contributed by atoms with Gasteiger partial charge in [0.25, 0.3) is 0 Å². The lowest BCUT2D eigenvalue weighted by molar-refractivity contribution is 0.0170. The van der Waals surface area contributed by atoms with Gasteiger partial charge in [-0.25, -0.2) is 0 Å². The summed E-state index contributed by atoms with van der Waals surface area (Å²) in [7, 11) is 3.66. The normalized spacial score (nSPS) is 16.8. The SMILES string of the molecule is CN=C(NCc1cc(Cl)c(Cl)n1C)NCC(c1ccccc1)N1CCOCC1. The number of morpholine rings is 1. The molecule has 0 amide bonds. The first-order valence-electron chi connectivity index (χ1n) is 9.41. The van der Waals surface area contributed by atoms with Gasteiger partial charge in [-0.15, -0.1) is 0 Å². The van der Waals surface area contributed by atoms with Gasteiger partial charge in [-0.2, -0.15) is 0 Å². The molecule has 1 aliphatic heterocycles. The molecule has 0 spiro atoms. The van der Waals surface area contributed by atoms with Crippen LogP contribution < -0.4 is 10.6 Å². The molecule has 1 aromatic carbocycles. The van der Waals surface area contributed by atoms with Crippen molar-refractivity contribution in [1.82, 2.24) is 20.1 Å². The maximum absolute atomic E-state index is 6.15. The van der Waals surface area contributed by atoms with Gasteiger partial charge in [-0.1, -0.05) is 53.5 Å². The third-order valence-corrected chi connectivity index (χ3v) is 5.85. The highest BCUT2D eigenvalue weighted by Gasteiger charge is 2.22. The summed E-state index contributed by atoms with van der Waals surface area (Å²) in [6, 6.07) is 12.7. The van der Waals surface area contributed by atoms with E-state index in [2.05, 4.69) is 44.8 Å². The van der Waals surface area contributed by atoms with Crippen LogP contribution in [0.2, 0.25) is 10.2 Å². The first-order valence-corrected chi connectivity index (χ1v) is 10.2. The van der Waals surface area contributed by atoms with E-state index >= 15 is 0 Å². The zero-order valence-electron chi connectivity index (χ0n) is 16.3.